The molecule has 0 atom stereocenters. The quantitative estimate of drug-likeness (QED) is 0.734. The second-order valence-corrected chi connectivity index (χ2v) is 3.85. The van der Waals surface area contributed by atoms with Crippen LogP contribution in [0.3, 0.4) is 0 Å². The molecule has 82 valence electrons. The van der Waals surface area contributed by atoms with E-state index in [1.165, 1.54) is 0 Å². The zero-order chi connectivity index (χ0) is 11.5. The molecule has 0 radical (unpaired) electrons. The molecule has 0 aliphatic heterocycles. The summed E-state index contributed by atoms with van der Waals surface area (Å²) in [5.41, 5.74) is 2.85. The van der Waals surface area contributed by atoms with Gasteiger partial charge in [0.15, 0.2) is 6.29 Å². The maximum Gasteiger partial charge on any atom is 0.150 e. The van der Waals surface area contributed by atoms with Crippen LogP contribution in [0.1, 0.15) is 21.5 Å². The van der Waals surface area contributed by atoms with E-state index < -0.39 is 0 Å². The summed E-state index contributed by atoms with van der Waals surface area (Å²) in [6, 6.07) is 10.00. The molecule has 2 rings (SSSR count). The second-order valence-electron chi connectivity index (χ2n) is 3.85. The van der Waals surface area contributed by atoms with Crippen LogP contribution in [-0.2, 0) is 11.3 Å². The average Bonchev–Trinajstić information content (AvgIpc) is 2.31. The Bertz CT molecular complexity index is 529. The molecular weight excluding hydrogens is 200 g/mol. The number of carbonyl (C=O) groups excluding carboxylic acids is 1. The van der Waals surface area contributed by atoms with Crippen LogP contribution in [-0.4, -0.2) is 13.4 Å². The number of hydrogen-bond acceptors (Lipinski definition) is 2. The first-order valence-corrected chi connectivity index (χ1v) is 5.23. The third-order valence-electron chi connectivity index (χ3n) is 2.88. The van der Waals surface area contributed by atoms with E-state index in [1.807, 2.05) is 31.2 Å². The van der Waals surface area contributed by atoms with Gasteiger partial charge in [-0.2, -0.15) is 0 Å². The van der Waals surface area contributed by atoms with Crippen LogP contribution >= 0.6 is 0 Å². The zero-order valence-corrected chi connectivity index (χ0v) is 9.49. The molecule has 0 bridgehead atoms. The molecule has 2 aromatic carbocycles. The molecule has 0 aliphatic rings. The van der Waals surface area contributed by atoms with E-state index >= 15 is 0 Å². The van der Waals surface area contributed by atoms with Crippen LogP contribution in [0.4, 0.5) is 0 Å². The average molecular weight is 214 g/mol. The Hall–Kier alpha value is -1.67. The summed E-state index contributed by atoms with van der Waals surface area (Å²) in [6.07, 6.45) is 0.927. The molecule has 0 aliphatic carbocycles. The van der Waals surface area contributed by atoms with Crippen LogP contribution in [0.25, 0.3) is 10.8 Å². The van der Waals surface area contributed by atoms with E-state index in [1.54, 1.807) is 7.11 Å². The minimum atomic E-state index is 0.539. The third kappa shape index (κ3) is 1.72. The maximum absolute atomic E-state index is 11.2. The van der Waals surface area contributed by atoms with Crippen molar-refractivity contribution in [2.24, 2.45) is 0 Å². The highest BCUT2D eigenvalue weighted by Gasteiger charge is 2.08. The van der Waals surface area contributed by atoms with Gasteiger partial charge in [0.05, 0.1) is 6.61 Å². The summed E-state index contributed by atoms with van der Waals surface area (Å²) in [7, 11) is 1.66. The lowest BCUT2D eigenvalue weighted by Gasteiger charge is -2.10. The smallest absolute Gasteiger partial charge is 0.150 e. The van der Waals surface area contributed by atoms with Gasteiger partial charge in [0.25, 0.3) is 0 Å². The lowest BCUT2D eigenvalue weighted by atomic mass is 9.96. The number of fused-ring (bicyclic) bond motifs is 1. The first-order valence-electron chi connectivity index (χ1n) is 5.23. The fourth-order valence-electron chi connectivity index (χ4n) is 2.00. The van der Waals surface area contributed by atoms with Gasteiger partial charge in [-0.05, 0) is 34.9 Å². The van der Waals surface area contributed by atoms with E-state index in [4.69, 9.17) is 4.74 Å². The molecule has 2 nitrogen and oxygen atoms in total. The first kappa shape index (κ1) is 10.8. The van der Waals surface area contributed by atoms with E-state index in [2.05, 4.69) is 6.07 Å². The van der Waals surface area contributed by atoms with Crippen molar-refractivity contribution in [2.45, 2.75) is 13.5 Å². The third-order valence-corrected chi connectivity index (χ3v) is 2.88. The summed E-state index contributed by atoms with van der Waals surface area (Å²) in [6.45, 7) is 2.50. The first-order chi connectivity index (χ1) is 7.77. The molecule has 0 aromatic heterocycles. The van der Waals surface area contributed by atoms with E-state index in [0.717, 1.165) is 33.7 Å². The predicted molar refractivity (Wildman–Crippen MR) is 64.8 cm³/mol. The Morgan fingerprint density at radius 2 is 2.06 bits per heavy atom. The molecular formula is C14H14O2. The minimum absolute atomic E-state index is 0.539. The van der Waals surface area contributed by atoms with E-state index in [0.29, 0.717) is 6.61 Å². The fourth-order valence-corrected chi connectivity index (χ4v) is 2.00. The molecule has 16 heavy (non-hydrogen) atoms. The van der Waals surface area contributed by atoms with Crippen molar-refractivity contribution in [3.05, 3.63) is 47.0 Å². The molecule has 0 N–H and O–H groups in total. The molecule has 2 aromatic rings. The van der Waals surface area contributed by atoms with Gasteiger partial charge in [-0.25, -0.2) is 0 Å². The van der Waals surface area contributed by atoms with Crippen LogP contribution in [0.5, 0.6) is 0 Å². The highest BCUT2D eigenvalue weighted by molar-refractivity contribution is 6.00. The van der Waals surface area contributed by atoms with Gasteiger partial charge in [0.1, 0.15) is 0 Å². The standard InChI is InChI=1S/C14H14O2/c1-10-12(9-16-2)7-11-5-3-4-6-13(11)14(10)8-15/h3-8H,9H2,1-2H3. The van der Waals surface area contributed by atoms with Crippen LogP contribution in [0, 0.1) is 6.92 Å². The number of benzene rings is 2. The largest absolute Gasteiger partial charge is 0.380 e. The molecule has 2 heteroatoms. The van der Waals surface area contributed by atoms with Gasteiger partial charge in [0, 0.05) is 12.7 Å². The molecule has 0 heterocycles. The molecule has 0 amide bonds. The molecule has 0 saturated carbocycles. The Morgan fingerprint density at radius 1 is 1.31 bits per heavy atom. The van der Waals surface area contributed by atoms with Crippen molar-refractivity contribution < 1.29 is 9.53 Å². The summed E-state index contributed by atoms with van der Waals surface area (Å²) in [5.74, 6) is 0. The number of aldehydes is 1. The van der Waals surface area contributed by atoms with Gasteiger partial charge in [0.2, 0.25) is 0 Å². The minimum Gasteiger partial charge on any atom is -0.380 e. The molecule has 0 spiro atoms. The highest BCUT2D eigenvalue weighted by atomic mass is 16.5. The predicted octanol–water partition coefficient (Wildman–Crippen LogP) is 3.11. The number of ether oxygens (including phenoxy) is 1. The van der Waals surface area contributed by atoms with Crippen molar-refractivity contribution in [3.63, 3.8) is 0 Å². The summed E-state index contributed by atoms with van der Waals surface area (Å²) < 4.78 is 5.14. The number of carbonyl (C=O) groups is 1. The Balaban J connectivity index is 2.77. The Kier molecular flexibility index (Phi) is 3.02. The van der Waals surface area contributed by atoms with E-state index in [-0.39, 0.29) is 0 Å². The van der Waals surface area contributed by atoms with Crippen LogP contribution in [0.15, 0.2) is 30.3 Å². The lowest BCUT2D eigenvalue weighted by Crippen LogP contribution is -1.97. The maximum atomic E-state index is 11.2. The van der Waals surface area contributed by atoms with Gasteiger partial charge in [-0.3, -0.25) is 4.79 Å². The highest BCUT2D eigenvalue weighted by Crippen LogP contribution is 2.24. The Labute approximate surface area is 94.8 Å². The zero-order valence-electron chi connectivity index (χ0n) is 9.49. The van der Waals surface area contributed by atoms with Crippen molar-refractivity contribution >= 4 is 17.1 Å². The van der Waals surface area contributed by atoms with Crippen molar-refractivity contribution in [2.75, 3.05) is 7.11 Å². The van der Waals surface area contributed by atoms with Gasteiger partial charge in [-0.1, -0.05) is 24.3 Å². The van der Waals surface area contributed by atoms with Gasteiger partial charge < -0.3 is 4.74 Å². The number of rotatable bonds is 3. The summed E-state index contributed by atoms with van der Waals surface area (Å²) in [4.78, 5) is 11.2. The number of hydrogen-bond donors (Lipinski definition) is 0. The van der Waals surface area contributed by atoms with Gasteiger partial charge >= 0.3 is 0 Å². The van der Waals surface area contributed by atoms with Crippen molar-refractivity contribution in [1.82, 2.24) is 0 Å². The van der Waals surface area contributed by atoms with Crippen LogP contribution in [0.2, 0.25) is 0 Å². The topological polar surface area (TPSA) is 26.3 Å². The van der Waals surface area contributed by atoms with Crippen LogP contribution < -0.4 is 0 Å². The summed E-state index contributed by atoms with van der Waals surface area (Å²) >= 11 is 0. The molecule has 0 unspecified atom stereocenters. The van der Waals surface area contributed by atoms with E-state index in [9.17, 15) is 4.79 Å². The lowest BCUT2D eigenvalue weighted by molar-refractivity contribution is 0.112. The normalized spacial score (nSPS) is 10.6. The molecule has 0 fully saturated rings. The SMILES string of the molecule is COCc1cc2ccccc2c(C=O)c1C. The van der Waals surface area contributed by atoms with Crippen molar-refractivity contribution in [1.29, 1.82) is 0 Å². The van der Waals surface area contributed by atoms with Crippen molar-refractivity contribution in [3.8, 4) is 0 Å². The monoisotopic (exact) mass is 214 g/mol. The second kappa shape index (κ2) is 4.45. The molecule has 0 saturated heterocycles. The summed E-state index contributed by atoms with van der Waals surface area (Å²) in [5, 5.41) is 2.09. The van der Waals surface area contributed by atoms with Gasteiger partial charge in [-0.15, -0.1) is 0 Å². The Morgan fingerprint density at radius 3 is 2.75 bits per heavy atom. The fraction of sp³-hybridized carbons (Fsp3) is 0.214. The number of methoxy groups -OCH3 is 1.